The number of hydrogen-bond acceptors (Lipinski definition) is 3. The molecular weight excluding hydrogens is 362 g/mol. The zero-order valence-corrected chi connectivity index (χ0v) is 15.7. The van der Waals surface area contributed by atoms with Crippen molar-refractivity contribution < 1.29 is 23.0 Å². The molecule has 0 spiro atoms. The third-order valence-corrected chi connectivity index (χ3v) is 4.38. The fourth-order valence-corrected chi connectivity index (χ4v) is 3.05. The lowest BCUT2D eigenvalue weighted by Gasteiger charge is -2.13. The number of benzene rings is 3. The van der Waals surface area contributed by atoms with E-state index >= 15 is 0 Å². The van der Waals surface area contributed by atoms with E-state index < -0.39 is 17.6 Å². The first kappa shape index (κ1) is 19.7. The maximum Gasteiger partial charge on any atom is 0.338 e. The van der Waals surface area contributed by atoms with Gasteiger partial charge in [0.15, 0.2) is 0 Å². The van der Waals surface area contributed by atoms with Crippen LogP contribution in [0.1, 0.15) is 27.0 Å². The first-order chi connectivity index (χ1) is 13.5. The van der Waals surface area contributed by atoms with E-state index in [1.807, 2.05) is 37.3 Å². The SMILES string of the molecule is COC(=O)c1ccc(COCc2cc(F)cc(F)c2)cc1-c1ccccc1C. The van der Waals surface area contributed by atoms with E-state index in [1.54, 1.807) is 12.1 Å². The van der Waals surface area contributed by atoms with Crippen LogP contribution >= 0.6 is 0 Å². The number of hydrogen-bond donors (Lipinski definition) is 0. The van der Waals surface area contributed by atoms with Crippen LogP contribution in [-0.4, -0.2) is 13.1 Å². The van der Waals surface area contributed by atoms with Crippen LogP contribution in [0.4, 0.5) is 8.78 Å². The molecule has 3 rings (SSSR count). The minimum Gasteiger partial charge on any atom is -0.465 e. The first-order valence-corrected chi connectivity index (χ1v) is 8.78. The Balaban J connectivity index is 1.83. The van der Waals surface area contributed by atoms with Gasteiger partial charge in [-0.1, -0.05) is 30.3 Å². The van der Waals surface area contributed by atoms with Crippen molar-refractivity contribution >= 4 is 5.97 Å². The van der Waals surface area contributed by atoms with Gasteiger partial charge in [0.2, 0.25) is 0 Å². The summed E-state index contributed by atoms with van der Waals surface area (Å²) in [5.41, 5.74) is 4.43. The standard InChI is InChI=1S/C23H20F2O3/c1-15-5-3-4-6-20(15)22-11-16(7-8-21(22)23(26)27-2)13-28-14-17-9-18(24)12-19(25)10-17/h3-12H,13-14H2,1-2H3. The van der Waals surface area contributed by atoms with Gasteiger partial charge in [-0.05, 0) is 59.0 Å². The van der Waals surface area contributed by atoms with Gasteiger partial charge in [-0.25, -0.2) is 13.6 Å². The van der Waals surface area contributed by atoms with Crippen molar-refractivity contribution in [1.29, 1.82) is 0 Å². The summed E-state index contributed by atoms with van der Waals surface area (Å²) in [4.78, 5) is 12.2. The lowest BCUT2D eigenvalue weighted by molar-refractivity contribution is 0.0601. The fourth-order valence-electron chi connectivity index (χ4n) is 3.05. The van der Waals surface area contributed by atoms with E-state index in [0.29, 0.717) is 11.1 Å². The van der Waals surface area contributed by atoms with Crippen molar-refractivity contribution in [2.24, 2.45) is 0 Å². The predicted molar refractivity (Wildman–Crippen MR) is 103 cm³/mol. The lowest BCUT2D eigenvalue weighted by Crippen LogP contribution is -2.05. The van der Waals surface area contributed by atoms with Crippen LogP contribution in [0.15, 0.2) is 60.7 Å². The van der Waals surface area contributed by atoms with E-state index in [4.69, 9.17) is 9.47 Å². The topological polar surface area (TPSA) is 35.5 Å². The van der Waals surface area contributed by atoms with Crippen molar-refractivity contribution in [3.63, 3.8) is 0 Å². The molecule has 0 aliphatic heterocycles. The molecule has 0 atom stereocenters. The average molecular weight is 382 g/mol. The lowest BCUT2D eigenvalue weighted by atomic mass is 9.94. The number of rotatable bonds is 6. The molecule has 0 amide bonds. The van der Waals surface area contributed by atoms with Crippen LogP contribution in [0.2, 0.25) is 0 Å². The number of esters is 1. The Morgan fingerprint density at radius 2 is 1.54 bits per heavy atom. The minimum atomic E-state index is -0.636. The zero-order valence-electron chi connectivity index (χ0n) is 15.7. The largest absolute Gasteiger partial charge is 0.465 e. The summed E-state index contributed by atoms with van der Waals surface area (Å²) >= 11 is 0. The van der Waals surface area contributed by atoms with Crippen LogP contribution in [0.5, 0.6) is 0 Å². The summed E-state index contributed by atoms with van der Waals surface area (Å²) in [6, 6.07) is 16.4. The van der Waals surface area contributed by atoms with Crippen molar-refractivity contribution in [3.8, 4) is 11.1 Å². The molecule has 0 fully saturated rings. The molecule has 144 valence electrons. The van der Waals surface area contributed by atoms with E-state index in [-0.39, 0.29) is 13.2 Å². The summed E-state index contributed by atoms with van der Waals surface area (Å²) < 4.78 is 37.1. The maximum absolute atomic E-state index is 13.3. The smallest absolute Gasteiger partial charge is 0.338 e. The molecule has 0 aliphatic rings. The molecule has 0 unspecified atom stereocenters. The van der Waals surface area contributed by atoms with Gasteiger partial charge in [0.05, 0.1) is 25.9 Å². The second kappa shape index (κ2) is 8.76. The van der Waals surface area contributed by atoms with Crippen molar-refractivity contribution in [2.75, 3.05) is 7.11 Å². The Morgan fingerprint density at radius 1 is 0.857 bits per heavy atom. The highest BCUT2D eigenvalue weighted by Gasteiger charge is 2.15. The Morgan fingerprint density at radius 3 is 2.21 bits per heavy atom. The Labute approximate surface area is 162 Å². The third kappa shape index (κ3) is 4.61. The molecule has 3 aromatic rings. The second-order valence-electron chi connectivity index (χ2n) is 6.46. The van der Waals surface area contributed by atoms with Crippen molar-refractivity contribution in [3.05, 3.63) is 94.6 Å². The number of methoxy groups -OCH3 is 1. The van der Waals surface area contributed by atoms with Crippen LogP contribution in [0.3, 0.4) is 0 Å². The molecule has 0 N–H and O–H groups in total. The molecular formula is C23H20F2O3. The van der Waals surface area contributed by atoms with Crippen LogP contribution in [-0.2, 0) is 22.7 Å². The quantitative estimate of drug-likeness (QED) is 0.532. The Bertz CT molecular complexity index is 979. The summed E-state index contributed by atoms with van der Waals surface area (Å²) in [6.07, 6.45) is 0. The van der Waals surface area contributed by atoms with E-state index in [0.717, 1.165) is 28.3 Å². The molecule has 28 heavy (non-hydrogen) atoms. The van der Waals surface area contributed by atoms with Crippen molar-refractivity contribution in [1.82, 2.24) is 0 Å². The van der Waals surface area contributed by atoms with E-state index in [9.17, 15) is 13.6 Å². The monoisotopic (exact) mass is 382 g/mol. The molecule has 0 saturated heterocycles. The van der Waals surface area contributed by atoms with Gasteiger partial charge in [-0.15, -0.1) is 0 Å². The molecule has 5 heteroatoms. The molecule has 0 heterocycles. The highest BCUT2D eigenvalue weighted by atomic mass is 19.1. The normalized spacial score (nSPS) is 10.7. The first-order valence-electron chi connectivity index (χ1n) is 8.78. The van der Waals surface area contributed by atoms with Gasteiger partial charge >= 0.3 is 5.97 Å². The van der Waals surface area contributed by atoms with Crippen LogP contribution in [0.25, 0.3) is 11.1 Å². The third-order valence-electron chi connectivity index (χ3n) is 4.38. The van der Waals surface area contributed by atoms with Gasteiger partial charge in [0.25, 0.3) is 0 Å². The number of aryl methyl sites for hydroxylation is 1. The summed E-state index contributed by atoms with van der Waals surface area (Å²) in [7, 11) is 1.35. The molecule has 0 radical (unpaired) electrons. The molecule has 3 aromatic carbocycles. The number of carbonyl (C=O) groups excluding carboxylic acids is 1. The predicted octanol–water partition coefficient (Wildman–Crippen LogP) is 5.44. The van der Waals surface area contributed by atoms with Gasteiger partial charge in [0, 0.05) is 6.07 Å². The van der Waals surface area contributed by atoms with Crippen LogP contribution < -0.4 is 0 Å². The summed E-state index contributed by atoms with van der Waals surface area (Å²) in [6.45, 7) is 2.28. The number of halogens is 2. The van der Waals surface area contributed by atoms with Gasteiger partial charge < -0.3 is 9.47 Å². The zero-order chi connectivity index (χ0) is 20.1. The summed E-state index contributed by atoms with van der Waals surface area (Å²) in [5, 5.41) is 0. The highest BCUT2D eigenvalue weighted by Crippen LogP contribution is 2.29. The molecule has 0 aliphatic carbocycles. The molecule has 3 nitrogen and oxygen atoms in total. The fraction of sp³-hybridized carbons (Fsp3) is 0.174. The van der Waals surface area contributed by atoms with Crippen molar-refractivity contribution in [2.45, 2.75) is 20.1 Å². The van der Waals surface area contributed by atoms with Gasteiger partial charge in [-0.3, -0.25) is 0 Å². The molecule has 0 bridgehead atoms. The minimum absolute atomic E-state index is 0.0765. The Kier molecular flexibility index (Phi) is 6.16. The number of ether oxygens (including phenoxy) is 2. The van der Waals surface area contributed by atoms with Gasteiger partial charge in [0.1, 0.15) is 11.6 Å². The maximum atomic E-state index is 13.3. The van der Waals surface area contributed by atoms with Gasteiger partial charge in [-0.2, -0.15) is 0 Å². The Hall–Kier alpha value is -3.05. The van der Waals surface area contributed by atoms with E-state index in [1.165, 1.54) is 19.2 Å². The number of carbonyl (C=O) groups is 1. The molecule has 0 aromatic heterocycles. The second-order valence-corrected chi connectivity index (χ2v) is 6.46. The van der Waals surface area contributed by atoms with E-state index in [2.05, 4.69) is 0 Å². The highest BCUT2D eigenvalue weighted by molar-refractivity contribution is 5.97. The van der Waals surface area contributed by atoms with Crippen LogP contribution in [0, 0.1) is 18.6 Å². The average Bonchev–Trinajstić information content (AvgIpc) is 2.67. The summed E-state index contributed by atoms with van der Waals surface area (Å²) in [5.74, 6) is -1.69. The molecule has 0 saturated carbocycles.